The number of anilines is 1. The highest BCUT2D eigenvalue weighted by Crippen LogP contribution is 2.22. The average Bonchev–Trinajstić information content (AvgIpc) is 2.63. The van der Waals surface area contributed by atoms with Gasteiger partial charge in [-0.15, -0.1) is 0 Å². The largest absolute Gasteiger partial charge is 0.384 e. The van der Waals surface area contributed by atoms with Crippen LogP contribution in [0.1, 0.15) is 55.6 Å². The van der Waals surface area contributed by atoms with Crippen LogP contribution in [0.3, 0.4) is 0 Å². The van der Waals surface area contributed by atoms with Crippen LogP contribution >= 0.6 is 0 Å². The van der Waals surface area contributed by atoms with Gasteiger partial charge in [0.05, 0.1) is 6.54 Å². The SMILES string of the molecule is CCCn1c(N)c(C(=O)CN(C)Cc2ccc(C(C)(C)C)cc2)c(=O)n(C)c1=O. The summed E-state index contributed by atoms with van der Waals surface area (Å²) in [5.41, 5.74) is 7.18. The van der Waals surface area contributed by atoms with E-state index in [-0.39, 0.29) is 29.1 Å². The van der Waals surface area contributed by atoms with Gasteiger partial charge in [0.25, 0.3) is 5.56 Å². The number of rotatable bonds is 7. The summed E-state index contributed by atoms with van der Waals surface area (Å²) >= 11 is 0. The number of nitrogens with zero attached hydrogens (tertiary/aromatic N) is 3. The topological polar surface area (TPSA) is 90.3 Å². The van der Waals surface area contributed by atoms with Crippen LogP contribution in [0.15, 0.2) is 33.9 Å². The Morgan fingerprint density at radius 1 is 1.14 bits per heavy atom. The first-order chi connectivity index (χ1) is 13.5. The number of hydrogen-bond acceptors (Lipinski definition) is 5. The highest BCUT2D eigenvalue weighted by atomic mass is 16.2. The zero-order valence-corrected chi connectivity index (χ0v) is 18.3. The van der Waals surface area contributed by atoms with Crippen molar-refractivity contribution in [3.8, 4) is 0 Å². The molecule has 0 unspecified atom stereocenters. The van der Waals surface area contributed by atoms with E-state index in [1.807, 2.05) is 18.9 Å². The number of ketones is 1. The minimum atomic E-state index is -0.646. The summed E-state index contributed by atoms with van der Waals surface area (Å²) < 4.78 is 2.24. The highest BCUT2D eigenvalue weighted by Gasteiger charge is 2.22. The number of hydrogen-bond donors (Lipinski definition) is 1. The van der Waals surface area contributed by atoms with Crippen LogP contribution in [0, 0.1) is 0 Å². The van der Waals surface area contributed by atoms with E-state index >= 15 is 0 Å². The Labute approximate surface area is 171 Å². The molecule has 1 heterocycles. The highest BCUT2D eigenvalue weighted by molar-refractivity contribution is 6.01. The Hall–Kier alpha value is -2.67. The van der Waals surface area contributed by atoms with Gasteiger partial charge in [0, 0.05) is 20.1 Å². The second kappa shape index (κ2) is 8.78. The summed E-state index contributed by atoms with van der Waals surface area (Å²) in [7, 11) is 3.19. The van der Waals surface area contributed by atoms with E-state index in [0.717, 1.165) is 10.1 Å². The zero-order valence-electron chi connectivity index (χ0n) is 18.3. The Kier molecular flexibility index (Phi) is 6.85. The molecule has 0 amide bonds. The normalized spacial score (nSPS) is 11.8. The van der Waals surface area contributed by atoms with Crippen molar-refractivity contribution in [3.63, 3.8) is 0 Å². The summed E-state index contributed by atoms with van der Waals surface area (Å²) in [6, 6.07) is 8.30. The fourth-order valence-electron chi connectivity index (χ4n) is 3.29. The lowest BCUT2D eigenvalue weighted by molar-refractivity contribution is 0.0941. The summed E-state index contributed by atoms with van der Waals surface area (Å²) in [6.45, 7) is 9.34. The van der Waals surface area contributed by atoms with E-state index in [2.05, 4.69) is 45.0 Å². The molecule has 2 rings (SSSR count). The molecule has 0 aliphatic heterocycles. The Morgan fingerprint density at radius 3 is 2.24 bits per heavy atom. The number of nitrogen functional groups attached to an aromatic ring is 1. The third-order valence-electron chi connectivity index (χ3n) is 5.00. The fraction of sp³-hybridized carbons (Fsp3) is 0.500. The molecule has 0 saturated heterocycles. The Balaban J connectivity index is 2.22. The molecule has 0 fully saturated rings. The molecule has 7 nitrogen and oxygen atoms in total. The predicted octanol–water partition coefficient (Wildman–Crippen LogP) is 2.15. The molecule has 2 N–H and O–H groups in total. The van der Waals surface area contributed by atoms with Gasteiger partial charge in [-0.1, -0.05) is 52.0 Å². The van der Waals surface area contributed by atoms with Gasteiger partial charge in [-0.2, -0.15) is 0 Å². The predicted molar refractivity (Wildman–Crippen MR) is 116 cm³/mol. The van der Waals surface area contributed by atoms with Gasteiger partial charge < -0.3 is 5.73 Å². The minimum absolute atomic E-state index is 0.0325. The van der Waals surface area contributed by atoms with E-state index in [4.69, 9.17) is 5.73 Å². The van der Waals surface area contributed by atoms with Crippen LogP contribution in [0.4, 0.5) is 5.82 Å². The number of Topliss-reactive ketones (excluding diaryl/α,β-unsaturated/α-hetero) is 1. The number of benzene rings is 1. The Morgan fingerprint density at radius 2 is 1.72 bits per heavy atom. The maximum Gasteiger partial charge on any atom is 0.332 e. The van der Waals surface area contributed by atoms with Gasteiger partial charge in [0.2, 0.25) is 0 Å². The molecule has 1 aromatic heterocycles. The van der Waals surface area contributed by atoms with Gasteiger partial charge in [-0.25, -0.2) is 4.79 Å². The monoisotopic (exact) mass is 400 g/mol. The molecule has 0 bridgehead atoms. The third kappa shape index (κ3) is 5.03. The molecule has 0 aliphatic rings. The molecule has 0 radical (unpaired) electrons. The number of carbonyl (C=O) groups is 1. The number of nitrogens with two attached hydrogens (primary N) is 1. The lowest BCUT2D eigenvalue weighted by atomic mass is 9.87. The molecular formula is C22H32N4O3. The van der Waals surface area contributed by atoms with E-state index in [1.54, 1.807) is 0 Å². The first-order valence-electron chi connectivity index (χ1n) is 9.87. The molecule has 29 heavy (non-hydrogen) atoms. The standard InChI is InChI=1S/C22H32N4O3/c1-7-12-26-19(23)18(20(28)25(6)21(26)29)17(27)14-24(5)13-15-8-10-16(11-9-15)22(2,3)4/h8-11H,7,12-14,23H2,1-6H3. The van der Waals surface area contributed by atoms with Crippen molar-refractivity contribution in [3.05, 3.63) is 61.8 Å². The van der Waals surface area contributed by atoms with E-state index < -0.39 is 11.2 Å². The van der Waals surface area contributed by atoms with Crippen LogP contribution < -0.4 is 17.0 Å². The maximum atomic E-state index is 12.8. The number of likely N-dealkylation sites (N-methyl/N-ethyl adjacent to an activating group) is 1. The third-order valence-corrected chi connectivity index (χ3v) is 5.00. The first-order valence-corrected chi connectivity index (χ1v) is 9.87. The Bertz CT molecular complexity index is 995. The van der Waals surface area contributed by atoms with Crippen molar-refractivity contribution >= 4 is 11.6 Å². The number of carbonyl (C=O) groups excluding carboxylic acids is 1. The average molecular weight is 401 g/mol. The van der Waals surface area contributed by atoms with Crippen molar-refractivity contribution < 1.29 is 4.79 Å². The van der Waals surface area contributed by atoms with Crippen molar-refractivity contribution in [2.24, 2.45) is 7.05 Å². The molecule has 1 aromatic carbocycles. The van der Waals surface area contributed by atoms with Crippen LogP contribution in [-0.2, 0) is 25.6 Å². The van der Waals surface area contributed by atoms with Gasteiger partial charge in [-0.3, -0.25) is 23.6 Å². The molecule has 2 aromatic rings. The van der Waals surface area contributed by atoms with Gasteiger partial charge >= 0.3 is 5.69 Å². The van der Waals surface area contributed by atoms with Gasteiger partial charge in [0.15, 0.2) is 5.78 Å². The van der Waals surface area contributed by atoms with E-state index in [9.17, 15) is 14.4 Å². The molecule has 0 saturated carbocycles. The van der Waals surface area contributed by atoms with E-state index in [1.165, 1.54) is 17.2 Å². The van der Waals surface area contributed by atoms with Crippen molar-refractivity contribution in [1.82, 2.24) is 14.0 Å². The first kappa shape index (κ1) is 22.6. The second-order valence-electron chi connectivity index (χ2n) is 8.60. The van der Waals surface area contributed by atoms with Crippen LogP contribution in [0.25, 0.3) is 0 Å². The van der Waals surface area contributed by atoms with Gasteiger partial charge in [-0.05, 0) is 30.0 Å². The quantitative estimate of drug-likeness (QED) is 0.719. The smallest absolute Gasteiger partial charge is 0.332 e. The molecule has 0 aliphatic carbocycles. The van der Waals surface area contributed by atoms with E-state index in [0.29, 0.717) is 19.5 Å². The zero-order chi connectivity index (χ0) is 21.9. The van der Waals surface area contributed by atoms with Crippen molar-refractivity contribution in [2.45, 2.75) is 52.6 Å². The van der Waals surface area contributed by atoms with Crippen molar-refractivity contribution in [2.75, 3.05) is 19.3 Å². The number of aromatic nitrogens is 2. The summed E-state index contributed by atoms with van der Waals surface area (Å²) in [5, 5.41) is 0. The minimum Gasteiger partial charge on any atom is -0.384 e. The van der Waals surface area contributed by atoms with Gasteiger partial charge in [0.1, 0.15) is 11.4 Å². The summed E-state index contributed by atoms with van der Waals surface area (Å²) in [5.74, 6) is -0.436. The molecular weight excluding hydrogens is 368 g/mol. The molecule has 0 spiro atoms. The lowest BCUT2D eigenvalue weighted by Gasteiger charge is -2.21. The summed E-state index contributed by atoms with van der Waals surface area (Å²) in [6.07, 6.45) is 0.667. The van der Waals surface area contributed by atoms with Crippen LogP contribution in [0.5, 0.6) is 0 Å². The fourth-order valence-corrected chi connectivity index (χ4v) is 3.29. The van der Waals surface area contributed by atoms with Crippen molar-refractivity contribution in [1.29, 1.82) is 0 Å². The van der Waals surface area contributed by atoms with Crippen LogP contribution in [0.2, 0.25) is 0 Å². The van der Waals surface area contributed by atoms with Crippen LogP contribution in [-0.4, -0.2) is 33.4 Å². The summed E-state index contributed by atoms with van der Waals surface area (Å²) in [4.78, 5) is 39.4. The second-order valence-corrected chi connectivity index (χ2v) is 8.60. The lowest BCUT2D eigenvalue weighted by Crippen LogP contribution is -2.43. The molecule has 158 valence electrons. The molecule has 0 atom stereocenters. The maximum absolute atomic E-state index is 12.8. The molecule has 7 heteroatoms.